The van der Waals surface area contributed by atoms with Crippen LogP contribution in [0.15, 0.2) is 18.2 Å². The minimum atomic E-state index is -3.30. The van der Waals surface area contributed by atoms with Gasteiger partial charge in [-0.2, -0.15) is 0 Å². The number of fused-ring (bicyclic) bond motifs is 1. The first kappa shape index (κ1) is 15.9. The number of thiazole rings is 1. The van der Waals surface area contributed by atoms with Crippen LogP contribution in [0.25, 0.3) is 10.2 Å². The zero-order valence-corrected chi connectivity index (χ0v) is 13.7. The molecule has 0 radical (unpaired) electrons. The number of hydrogen-bond donors (Lipinski definition) is 1. The summed E-state index contributed by atoms with van der Waals surface area (Å²) in [6, 6.07) is 5.29. The Bertz CT molecular complexity index is 766. The lowest BCUT2D eigenvalue weighted by Gasteiger charge is -2.11. The summed E-state index contributed by atoms with van der Waals surface area (Å²) in [5.74, 6) is -0.416. The number of hydrogen-bond acceptors (Lipinski definition) is 5. The Morgan fingerprint density at radius 1 is 1.38 bits per heavy atom. The van der Waals surface area contributed by atoms with Gasteiger partial charge in [-0.1, -0.05) is 0 Å². The normalized spacial score (nSPS) is 12.0. The van der Waals surface area contributed by atoms with Crippen molar-refractivity contribution in [2.24, 2.45) is 0 Å². The molecule has 21 heavy (non-hydrogen) atoms. The number of nitrogens with zero attached hydrogens (tertiary/aromatic N) is 2. The zero-order chi connectivity index (χ0) is 15.6. The molecule has 1 N–H and O–H groups in total. The molecule has 0 aliphatic carbocycles. The van der Waals surface area contributed by atoms with Crippen molar-refractivity contribution in [2.45, 2.75) is 6.92 Å². The van der Waals surface area contributed by atoms with E-state index in [1.807, 2.05) is 13.0 Å². The van der Waals surface area contributed by atoms with E-state index in [2.05, 4.69) is 10.3 Å². The van der Waals surface area contributed by atoms with E-state index < -0.39 is 10.0 Å². The van der Waals surface area contributed by atoms with Gasteiger partial charge in [0.1, 0.15) is 0 Å². The molecule has 0 fully saturated rings. The molecule has 1 amide bonds. The number of amides is 1. The Kier molecular flexibility index (Phi) is 4.60. The van der Waals surface area contributed by atoms with Gasteiger partial charge in [-0.25, -0.2) is 17.7 Å². The maximum absolute atomic E-state index is 12.0. The Hall–Kier alpha value is -1.51. The molecule has 0 aliphatic rings. The Balaban J connectivity index is 2.02. The van der Waals surface area contributed by atoms with E-state index in [1.165, 1.54) is 14.1 Å². The van der Waals surface area contributed by atoms with Crippen LogP contribution in [0.5, 0.6) is 0 Å². The lowest BCUT2D eigenvalue weighted by Crippen LogP contribution is -2.33. The Morgan fingerprint density at radius 3 is 2.76 bits per heavy atom. The number of nitrogens with one attached hydrogen (secondary N) is 1. The third-order valence-electron chi connectivity index (χ3n) is 2.96. The SMILES string of the molecule is Cc1nc2cc(C(=O)NCCS(=O)(=O)N(C)C)ccc2s1. The molecule has 114 valence electrons. The van der Waals surface area contributed by atoms with Crippen molar-refractivity contribution in [3.63, 3.8) is 0 Å². The number of carbonyl (C=O) groups excluding carboxylic acids is 1. The molecule has 0 bridgehead atoms. The van der Waals surface area contributed by atoms with Gasteiger partial charge in [-0.15, -0.1) is 11.3 Å². The quantitative estimate of drug-likeness (QED) is 0.896. The summed E-state index contributed by atoms with van der Waals surface area (Å²) in [5.41, 5.74) is 1.26. The first-order valence-electron chi connectivity index (χ1n) is 6.35. The fraction of sp³-hybridized carbons (Fsp3) is 0.385. The van der Waals surface area contributed by atoms with Crippen LogP contribution >= 0.6 is 11.3 Å². The highest BCUT2D eigenvalue weighted by Gasteiger charge is 2.14. The zero-order valence-electron chi connectivity index (χ0n) is 12.1. The van der Waals surface area contributed by atoms with Crippen molar-refractivity contribution in [1.82, 2.24) is 14.6 Å². The van der Waals surface area contributed by atoms with E-state index in [0.717, 1.165) is 19.5 Å². The predicted molar refractivity (Wildman–Crippen MR) is 84.2 cm³/mol. The van der Waals surface area contributed by atoms with Crippen LogP contribution in [-0.2, 0) is 10.0 Å². The standard InChI is InChI=1S/C13H17N3O3S2/c1-9-15-11-8-10(4-5-12(11)20-9)13(17)14-6-7-21(18,19)16(2)3/h4-5,8H,6-7H2,1-3H3,(H,14,17). The van der Waals surface area contributed by atoms with Crippen LogP contribution < -0.4 is 5.32 Å². The summed E-state index contributed by atoms with van der Waals surface area (Å²) in [7, 11) is -0.364. The molecule has 0 aliphatic heterocycles. The number of benzene rings is 1. The van der Waals surface area contributed by atoms with E-state index in [1.54, 1.807) is 23.5 Å². The van der Waals surface area contributed by atoms with Crippen molar-refractivity contribution in [3.05, 3.63) is 28.8 Å². The minimum absolute atomic E-state index is 0.0769. The molecule has 6 nitrogen and oxygen atoms in total. The molecule has 8 heteroatoms. The highest BCUT2D eigenvalue weighted by atomic mass is 32.2. The van der Waals surface area contributed by atoms with Gasteiger partial charge < -0.3 is 5.32 Å². The fourth-order valence-electron chi connectivity index (χ4n) is 1.76. The first-order valence-corrected chi connectivity index (χ1v) is 8.78. The molecule has 1 aromatic heterocycles. The molecule has 0 unspecified atom stereocenters. The number of aromatic nitrogens is 1. The Labute approximate surface area is 127 Å². The summed E-state index contributed by atoms with van der Waals surface area (Å²) in [6.07, 6.45) is 0. The average Bonchev–Trinajstić information content (AvgIpc) is 2.77. The predicted octanol–water partition coefficient (Wildman–Crippen LogP) is 1.23. The second-order valence-electron chi connectivity index (χ2n) is 4.77. The lowest BCUT2D eigenvalue weighted by atomic mass is 10.2. The van der Waals surface area contributed by atoms with Crippen LogP contribution in [0.4, 0.5) is 0 Å². The second-order valence-corrected chi connectivity index (χ2v) is 8.31. The molecular weight excluding hydrogens is 310 g/mol. The van der Waals surface area contributed by atoms with Crippen molar-refractivity contribution >= 4 is 37.5 Å². The summed E-state index contributed by atoms with van der Waals surface area (Å²) in [5, 5.41) is 3.56. The summed E-state index contributed by atoms with van der Waals surface area (Å²) in [4.78, 5) is 16.3. The van der Waals surface area contributed by atoms with Crippen LogP contribution in [0.2, 0.25) is 0 Å². The third-order valence-corrected chi connectivity index (χ3v) is 5.74. The van der Waals surface area contributed by atoms with Gasteiger partial charge in [-0.3, -0.25) is 4.79 Å². The summed E-state index contributed by atoms with van der Waals surface area (Å²) < 4.78 is 25.4. The van der Waals surface area contributed by atoms with E-state index in [4.69, 9.17) is 0 Å². The maximum atomic E-state index is 12.0. The second kappa shape index (κ2) is 6.08. The van der Waals surface area contributed by atoms with E-state index in [0.29, 0.717) is 5.56 Å². The van der Waals surface area contributed by atoms with Crippen LogP contribution in [0.3, 0.4) is 0 Å². The number of sulfonamides is 1. The van der Waals surface area contributed by atoms with Gasteiger partial charge in [0.05, 0.1) is 21.0 Å². The first-order chi connectivity index (χ1) is 9.79. The highest BCUT2D eigenvalue weighted by molar-refractivity contribution is 7.89. The Morgan fingerprint density at radius 2 is 2.10 bits per heavy atom. The molecule has 1 heterocycles. The van der Waals surface area contributed by atoms with Gasteiger partial charge in [0.2, 0.25) is 10.0 Å². The van der Waals surface area contributed by atoms with Crippen molar-refractivity contribution in [3.8, 4) is 0 Å². The molecule has 0 saturated carbocycles. The molecule has 1 aromatic carbocycles. The monoisotopic (exact) mass is 327 g/mol. The number of aryl methyl sites for hydroxylation is 1. The molecule has 0 atom stereocenters. The van der Waals surface area contributed by atoms with E-state index in [9.17, 15) is 13.2 Å². The molecule has 0 spiro atoms. The van der Waals surface area contributed by atoms with E-state index in [-0.39, 0.29) is 18.2 Å². The van der Waals surface area contributed by atoms with Crippen molar-refractivity contribution in [2.75, 3.05) is 26.4 Å². The molecule has 2 aromatic rings. The number of rotatable bonds is 5. The van der Waals surface area contributed by atoms with Gasteiger partial charge in [0, 0.05) is 26.2 Å². The van der Waals surface area contributed by atoms with Crippen LogP contribution in [0.1, 0.15) is 15.4 Å². The van der Waals surface area contributed by atoms with Crippen LogP contribution in [0, 0.1) is 6.92 Å². The fourth-order valence-corrected chi connectivity index (χ4v) is 3.29. The van der Waals surface area contributed by atoms with Gasteiger partial charge in [-0.05, 0) is 25.1 Å². The average molecular weight is 327 g/mol. The van der Waals surface area contributed by atoms with Crippen LogP contribution in [-0.4, -0.2) is 50.0 Å². The van der Waals surface area contributed by atoms with Crippen molar-refractivity contribution < 1.29 is 13.2 Å². The number of carbonyl (C=O) groups is 1. The maximum Gasteiger partial charge on any atom is 0.251 e. The summed E-state index contributed by atoms with van der Waals surface area (Å²) in [6.45, 7) is 1.99. The highest BCUT2D eigenvalue weighted by Crippen LogP contribution is 2.22. The third kappa shape index (κ3) is 3.78. The van der Waals surface area contributed by atoms with Gasteiger partial charge in [0.25, 0.3) is 5.91 Å². The molecular formula is C13H17N3O3S2. The van der Waals surface area contributed by atoms with Crippen molar-refractivity contribution in [1.29, 1.82) is 0 Å². The smallest absolute Gasteiger partial charge is 0.251 e. The largest absolute Gasteiger partial charge is 0.351 e. The molecule has 2 rings (SSSR count). The van der Waals surface area contributed by atoms with E-state index >= 15 is 0 Å². The summed E-state index contributed by atoms with van der Waals surface area (Å²) >= 11 is 1.57. The van der Waals surface area contributed by atoms with Gasteiger partial charge >= 0.3 is 0 Å². The topological polar surface area (TPSA) is 79.4 Å². The lowest BCUT2D eigenvalue weighted by molar-refractivity contribution is 0.0956. The van der Waals surface area contributed by atoms with Gasteiger partial charge in [0.15, 0.2) is 0 Å². The minimum Gasteiger partial charge on any atom is -0.351 e. The molecule has 0 saturated heterocycles.